The number of hydrogen-bond donors (Lipinski definition) is 0. The molecule has 27 heteroatoms. The smallest absolute Gasteiger partial charge is 0.790 e. The largest absolute Gasteiger partial charge is 1.00 e. The van der Waals surface area contributed by atoms with Crippen LogP contribution in [0.5, 0.6) is 0 Å². The van der Waals surface area contributed by atoms with Gasteiger partial charge in [-0.15, -0.1) is 0 Å². The van der Waals surface area contributed by atoms with Gasteiger partial charge in [-0.05, 0) is 19.3 Å². The molecule has 0 saturated heterocycles. The van der Waals surface area contributed by atoms with Crippen molar-refractivity contribution in [3.63, 3.8) is 0 Å². The van der Waals surface area contributed by atoms with Gasteiger partial charge in [0.05, 0.1) is 23.5 Å². The summed E-state index contributed by atoms with van der Waals surface area (Å²) in [6.45, 7) is 5.43. The minimum Gasteiger partial charge on any atom is -0.790 e. The van der Waals surface area contributed by atoms with Crippen LogP contribution in [0.4, 0.5) is 0 Å². The van der Waals surface area contributed by atoms with E-state index < -0.39 is 78.0 Å². The maximum absolute atomic E-state index is 12.8. The van der Waals surface area contributed by atoms with Gasteiger partial charge >= 0.3 is 195 Å². The quantitative estimate of drug-likeness (QED) is 0.0341. The Balaban J connectivity index is -0.000000844. The topological polar surface area (TPSA) is 296 Å². The maximum atomic E-state index is 12.8. The Hall–Kier alpha value is 4.74. The summed E-state index contributed by atoms with van der Waals surface area (Å²) in [4.78, 5) is 109. The fourth-order valence-corrected chi connectivity index (χ4v) is 6.14. The molecule has 51 heavy (non-hydrogen) atoms. The monoisotopic (exact) mass is 846 g/mol. The van der Waals surface area contributed by atoms with Crippen LogP contribution in [0.2, 0.25) is 0 Å². The molecule has 0 amide bonds. The van der Waals surface area contributed by atoms with E-state index in [1.807, 2.05) is 6.92 Å². The Morgan fingerprint density at radius 2 is 0.608 bits per heavy atom. The number of unbranched alkanes of at least 4 members (excludes halogenated alkanes) is 6. The van der Waals surface area contributed by atoms with Gasteiger partial charge in [-0.1, -0.05) is 59.3 Å². The first kappa shape index (κ1) is 67.5. The summed E-state index contributed by atoms with van der Waals surface area (Å²) in [6, 6.07) is 0. The molecule has 0 heterocycles. The second-order valence-corrected chi connectivity index (χ2v) is 13.6. The number of phosphoric ester groups is 3. The Morgan fingerprint density at radius 1 is 0.412 bits per heavy atom. The molecule has 4 atom stereocenters. The average molecular weight is 846 g/mol. The summed E-state index contributed by atoms with van der Waals surface area (Å²) in [6.07, 6.45) is -12.1. The SMILES string of the molecule is CCCCCC(=O)OC1C(OC(=O)CCCCC)C(OP(=O)([O-])[O-])C(OP(=O)([O-])[O-])C(OP(=O)([O-])[O-])C1OC(=O)CCCCC.[Na+].[Na+].[Na+].[Na+].[Na+].[Na+]. The zero-order chi connectivity index (χ0) is 34.4. The molecule has 0 N–H and O–H groups in total. The molecule has 1 saturated carbocycles. The predicted molar refractivity (Wildman–Crippen MR) is 140 cm³/mol. The number of hydrogen-bond acceptors (Lipinski definition) is 18. The maximum Gasteiger partial charge on any atom is 1.00 e. The molecule has 0 aromatic rings. The summed E-state index contributed by atoms with van der Waals surface area (Å²) in [5.74, 6) is -3.34. The van der Waals surface area contributed by atoms with Crippen LogP contribution >= 0.6 is 23.5 Å². The zero-order valence-corrected chi connectivity index (χ0v) is 45.8. The summed E-state index contributed by atoms with van der Waals surface area (Å²) < 4.78 is 64.3. The Morgan fingerprint density at radius 3 is 0.804 bits per heavy atom. The van der Waals surface area contributed by atoms with Crippen LogP contribution in [0.3, 0.4) is 0 Å². The van der Waals surface area contributed by atoms with Gasteiger partial charge in [-0.25, -0.2) is 0 Å². The second-order valence-electron chi connectivity index (χ2n) is 10.3. The van der Waals surface area contributed by atoms with Gasteiger partial charge in [0, 0.05) is 19.3 Å². The molecule has 1 fully saturated rings. The van der Waals surface area contributed by atoms with Crippen LogP contribution in [0, 0.1) is 0 Å². The molecule has 0 radical (unpaired) electrons. The van der Waals surface area contributed by atoms with Crippen LogP contribution in [-0.4, -0.2) is 54.5 Å². The Bertz CT molecular complexity index is 1050. The number of carbonyl (C=O) groups is 3. The molecule has 18 nitrogen and oxygen atoms in total. The summed E-state index contributed by atoms with van der Waals surface area (Å²) >= 11 is 0. The Labute approximate surface area is 431 Å². The average Bonchev–Trinajstić information content (AvgIpc) is 2.88. The second kappa shape index (κ2) is 34.5. The standard InChI is InChI=1S/C24H45O18P3.6Na/c1-4-7-10-13-16(25)37-19-20(38-17(26)14-11-8-5-2)22(40-43(28,29)30)24(42-45(34,35)36)23(41-44(31,32)33)21(19)39-18(27)15-12-9-6-3;;;;;;/h19-24H,4-15H2,1-3H3,(H2,28,29,30)(H2,31,32,33)(H2,34,35,36);;;;;;/q;6*+1/p-6. The van der Waals surface area contributed by atoms with Crippen molar-refractivity contribution in [3.8, 4) is 0 Å². The van der Waals surface area contributed by atoms with Crippen molar-refractivity contribution in [2.75, 3.05) is 0 Å². The van der Waals surface area contributed by atoms with Crippen LogP contribution < -0.4 is 207 Å². The van der Waals surface area contributed by atoms with Crippen molar-refractivity contribution in [2.24, 2.45) is 0 Å². The molecule has 1 aliphatic rings. The van der Waals surface area contributed by atoms with E-state index in [9.17, 15) is 57.4 Å². The van der Waals surface area contributed by atoms with Crippen LogP contribution in [0.1, 0.15) is 97.8 Å². The van der Waals surface area contributed by atoms with E-state index in [0.717, 1.165) is 0 Å². The first-order chi connectivity index (χ1) is 20.8. The van der Waals surface area contributed by atoms with Gasteiger partial charge in [0.1, 0.15) is 18.3 Å². The zero-order valence-electron chi connectivity index (χ0n) is 31.1. The minimum absolute atomic E-state index is 0. The molecular weight excluding hydrogens is 807 g/mol. The van der Waals surface area contributed by atoms with E-state index in [0.29, 0.717) is 38.5 Å². The van der Waals surface area contributed by atoms with E-state index in [1.54, 1.807) is 13.8 Å². The summed E-state index contributed by atoms with van der Waals surface area (Å²) in [7, 11) is -18.8. The van der Waals surface area contributed by atoms with Gasteiger partial charge in [0.15, 0.2) is 18.3 Å². The van der Waals surface area contributed by atoms with Crippen LogP contribution in [0.25, 0.3) is 0 Å². The number of rotatable bonds is 21. The Kier molecular flexibility index (Phi) is 45.6. The molecule has 0 spiro atoms. The minimum atomic E-state index is -6.31. The van der Waals surface area contributed by atoms with Gasteiger partial charge < -0.3 is 70.8 Å². The van der Waals surface area contributed by atoms with Gasteiger partial charge in [0.2, 0.25) is 0 Å². The first-order valence-corrected chi connectivity index (χ1v) is 18.9. The molecule has 4 unspecified atom stereocenters. The third-order valence-corrected chi connectivity index (χ3v) is 7.96. The van der Waals surface area contributed by atoms with Crippen molar-refractivity contribution < 1.29 is 263 Å². The van der Waals surface area contributed by atoms with E-state index in [4.69, 9.17) is 14.2 Å². The number of phosphoric acid groups is 3. The van der Waals surface area contributed by atoms with Crippen molar-refractivity contribution >= 4 is 41.4 Å². The van der Waals surface area contributed by atoms with Gasteiger partial charge in [-0.2, -0.15) is 0 Å². The summed E-state index contributed by atoms with van der Waals surface area (Å²) in [5.41, 5.74) is 0. The van der Waals surface area contributed by atoms with Crippen molar-refractivity contribution in [1.29, 1.82) is 0 Å². The van der Waals surface area contributed by atoms with Crippen molar-refractivity contribution in [2.45, 2.75) is 134 Å². The van der Waals surface area contributed by atoms with E-state index in [-0.39, 0.29) is 216 Å². The van der Waals surface area contributed by atoms with Gasteiger partial charge in [0.25, 0.3) is 0 Å². The van der Waals surface area contributed by atoms with Gasteiger partial charge in [-0.3, -0.25) is 14.4 Å². The molecule has 0 aromatic carbocycles. The predicted octanol–water partition coefficient (Wildman–Crippen LogP) is -18.9. The molecule has 1 aliphatic carbocycles. The van der Waals surface area contributed by atoms with E-state index in [1.165, 1.54) is 0 Å². The van der Waals surface area contributed by atoms with Crippen LogP contribution in [-0.2, 0) is 55.9 Å². The molecule has 0 bridgehead atoms. The normalized spacial score (nSPS) is 21.4. The summed E-state index contributed by atoms with van der Waals surface area (Å²) in [5, 5.41) is 0. The van der Waals surface area contributed by atoms with Crippen molar-refractivity contribution in [3.05, 3.63) is 0 Å². The van der Waals surface area contributed by atoms with Crippen LogP contribution in [0.15, 0.2) is 0 Å². The number of ether oxygens (including phenoxy) is 3. The molecule has 264 valence electrons. The molecule has 1 rings (SSSR count). The fourth-order valence-electron chi connectivity index (χ4n) is 4.52. The molecule has 0 aromatic heterocycles. The van der Waals surface area contributed by atoms with E-state index >= 15 is 0 Å². The first-order valence-electron chi connectivity index (χ1n) is 14.5. The molecular formula is C24H39Na6O18P3. The van der Waals surface area contributed by atoms with Crippen molar-refractivity contribution in [1.82, 2.24) is 0 Å². The third kappa shape index (κ3) is 30.4. The molecule has 0 aliphatic heterocycles. The third-order valence-electron chi connectivity index (χ3n) is 6.45. The van der Waals surface area contributed by atoms with E-state index in [2.05, 4.69) is 13.6 Å². The number of carbonyl (C=O) groups excluding carboxylic acids is 3. The fraction of sp³-hybridized carbons (Fsp3) is 0.875. The number of esters is 3.